The first-order chi connectivity index (χ1) is 6.61. The van der Waals surface area contributed by atoms with Gasteiger partial charge in [0, 0.05) is 17.3 Å². The van der Waals surface area contributed by atoms with Crippen LogP contribution in [0.5, 0.6) is 5.75 Å². The van der Waals surface area contributed by atoms with Crippen LogP contribution in [-0.2, 0) is 6.61 Å². The van der Waals surface area contributed by atoms with Gasteiger partial charge < -0.3 is 15.9 Å². The van der Waals surface area contributed by atoms with Gasteiger partial charge in [0.1, 0.15) is 12.4 Å². The number of nitrogens with zero attached hydrogens (tertiary/aromatic N) is 1. The van der Waals surface area contributed by atoms with Crippen molar-refractivity contribution in [2.75, 3.05) is 6.67 Å². The summed E-state index contributed by atoms with van der Waals surface area (Å²) in [5, 5.41) is 18.5. The average molecular weight is 200 g/mol. The van der Waals surface area contributed by atoms with Crippen LogP contribution in [0.3, 0.4) is 0 Å². The molecule has 0 fully saturated rings. The molecular weight excluding hydrogens is 187 g/mol. The van der Waals surface area contributed by atoms with E-state index < -0.39 is 12.7 Å². The second-order valence-corrected chi connectivity index (χ2v) is 3.05. The second kappa shape index (κ2) is 4.34. The molecule has 0 aliphatic carbocycles. The quantitative estimate of drug-likeness (QED) is 0.666. The summed E-state index contributed by atoms with van der Waals surface area (Å²) in [6.07, 6.45) is 1.39. The maximum Gasteiger partial charge on any atom is 0.141 e. The highest BCUT2D eigenvalue weighted by Gasteiger charge is 2.17. The van der Waals surface area contributed by atoms with Crippen LogP contribution in [0.1, 0.15) is 22.9 Å². The Morgan fingerprint density at radius 2 is 2.29 bits per heavy atom. The van der Waals surface area contributed by atoms with E-state index in [0.717, 1.165) is 0 Å². The number of rotatable bonds is 3. The number of nitrogens with two attached hydrogens (primary N) is 1. The number of aromatic hydroxyl groups is 1. The maximum absolute atomic E-state index is 12.4. The molecule has 0 aromatic carbocycles. The average Bonchev–Trinajstić information content (AvgIpc) is 2.20. The number of pyridine rings is 1. The summed E-state index contributed by atoms with van der Waals surface area (Å²) in [5.74, 6) is -0.137. The molecule has 0 bridgehead atoms. The largest absolute Gasteiger partial charge is 0.506 e. The fourth-order valence-electron chi connectivity index (χ4n) is 1.27. The predicted molar refractivity (Wildman–Crippen MR) is 49.5 cm³/mol. The summed E-state index contributed by atoms with van der Waals surface area (Å²) in [6.45, 7) is 0.485. The summed E-state index contributed by atoms with van der Waals surface area (Å²) >= 11 is 0. The molecule has 1 aromatic heterocycles. The van der Waals surface area contributed by atoms with Crippen LogP contribution in [0.4, 0.5) is 4.39 Å². The third-order valence-electron chi connectivity index (χ3n) is 2.07. The van der Waals surface area contributed by atoms with Crippen LogP contribution < -0.4 is 5.73 Å². The highest BCUT2D eigenvalue weighted by Crippen LogP contribution is 2.28. The van der Waals surface area contributed by atoms with Gasteiger partial charge in [0.15, 0.2) is 0 Å². The van der Waals surface area contributed by atoms with Crippen molar-refractivity contribution >= 4 is 0 Å². The molecule has 5 heteroatoms. The van der Waals surface area contributed by atoms with Gasteiger partial charge in [-0.2, -0.15) is 0 Å². The SMILES string of the molecule is Cc1ncc(CO)c([C@@H](N)CF)c1O. The summed E-state index contributed by atoms with van der Waals surface area (Å²) in [7, 11) is 0. The zero-order chi connectivity index (χ0) is 10.7. The fraction of sp³-hybridized carbons (Fsp3) is 0.444. The van der Waals surface area contributed by atoms with Crippen LogP contribution in [0.25, 0.3) is 0 Å². The number of hydrogen-bond acceptors (Lipinski definition) is 4. The van der Waals surface area contributed by atoms with Crippen molar-refractivity contribution < 1.29 is 14.6 Å². The molecule has 1 rings (SSSR count). The molecule has 78 valence electrons. The lowest BCUT2D eigenvalue weighted by atomic mass is 10.0. The standard InChI is InChI=1S/C9H13FN2O2/c1-5-9(14)8(7(11)2-10)6(4-13)3-12-5/h3,7,13-14H,2,4,11H2,1H3/t7-/m0/s1. The summed E-state index contributed by atoms with van der Waals surface area (Å²) < 4.78 is 12.4. The zero-order valence-electron chi connectivity index (χ0n) is 7.87. The van der Waals surface area contributed by atoms with Crippen LogP contribution in [0.2, 0.25) is 0 Å². The smallest absolute Gasteiger partial charge is 0.141 e. The maximum atomic E-state index is 12.4. The number of aryl methyl sites for hydroxylation is 1. The highest BCUT2D eigenvalue weighted by atomic mass is 19.1. The van der Waals surface area contributed by atoms with Crippen LogP contribution in [0, 0.1) is 6.92 Å². The molecule has 1 atom stereocenters. The van der Waals surface area contributed by atoms with E-state index in [-0.39, 0.29) is 17.9 Å². The molecule has 0 aliphatic heterocycles. The number of alkyl halides is 1. The van der Waals surface area contributed by atoms with E-state index in [1.165, 1.54) is 6.20 Å². The van der Waals surface area contributed by atoms with Crippen molar-refractivity contribution in [2.45, 2.75) is 19.6 Å². The third-order valence-corrected chi connectivity index (χ3v) is 2.07. The van der Waals surface area contributed by atoms with E-state index in [1.807, 2.05) is 0 Å². The number of aliphatic hydroxyl groups excluding tert-OH is 1. The molecular formula is C9H13FN2O2. The Bertz CT molecular complexity index is 331. The lowest BCUT2D eigenvalue weighted by Gasteiger charge is -2.14. The van der Waals surface area contributed by atoms with Crippen molar-refractivity contribution in [2.24, 2.45) is 5.73 Å². The number of aliphatic hydroxyl groups is 1. The lowest BCUT2D eigenvalue weighted by Crippen LogP contribution is -2.15. The first-order valence-corrected chi connectivity index (χ1v) is 4.21. The Morgan fingerprint density at radius 1 is 1.64 bits per heavy atom. The van der Waals surface area contributed by atoms with E-state index in [0.29, 0.717) is 11.3 Å². The van der Waals surface area contributed by atoms with E-state index in [4.69, 9.17) is 10.8 Å². The Balaban J connectivity index is 3.27. The van der Waals surface area contributed by atoms with E-state index in [1.54, 1.807) is 6.92 Å². The predicted octanol–water partition coefficient (Wildman–Crippen LogP) is 0.557. The Labute approximate surface area is 81.2 Å². The molecule has 0 amide bonds. The number of hydrogen-bond donors (Lipinski definition) is 3. The van der Waals surface area contributed by atoms with Gasteiger partial charge in [-0.25, -0.2) is 4.39 Å². The van der Waals surface area contributed by atoms with Gasteiger partial charge in [-0.1, -0.05) is 0 Å². The van der Waals surface area contributed by atoms with Gasteiger partial charge in [-0.3, -0.25) is 4.98 Å². The first kappa shape index (κ1) is 10.9. The number of aromatic nitrogens is 1. The Hall–Kier alpha value is -1.20. The van der Waals surface area contributed by atoms with Crippen molar-refractivity contribution in [3.05, 3.63) is 23.0 Å². The van der Waals surface area contributed by atoms with Gasteiger partial charge >= 0.3 is 0 Å². The molecule has 14 heavy (non-hydrogen) atoms. The molecule has 0 spiro atoms. The summed E-state index contributed by atoms with van der Waals surface area (Å²) in [4.78, 5) is 3.84. The molecule has 0 saturated heterocycles. The van der Waals surface area contributed by atoms with Crippen molar-refractivity contribution in [3.8, 4) is 5.75 Å². The summed E-state index contributed by atoms with van der Waals surface area (Å²) in [5.41, 5.74) is 6.44. The van der Waals surface area contributed by atoms with Crippen molar-refractivity contribution in [1.29, 1.82) is 0 Å². The van der Waals surface area contributed by atoms with Crippen molar-refractivity contribution in [1.82, 2.24) is 4.98 Å². The minimum absolute atomic E-state index is 0.137. The van der Waals surface area contributed by atoms with Gasteiger partial charge in [-0.15, -0.1) is 0 Å². The molecule has 4 nitrogen and oxygen atoms in total. The van der Waals surface area contributed by atoms with Crippen LogP contribution in [0.15, 0.2) is 6.20 Å². The van der Waals surface area contributed by atoms with Crippen LogP contribution >= 0.6 is 0 Å². The van der Waals surface area contributed by atoms with Gasteiger partial charge in [0.05, 0.1) is 18.3 Å². The minimum atomic E-state index is -0.918. The summed E-state index contributed by atoms with van der Waals surface area (Å²) in [6, 6.07) is -0.918. The van der Waals surface area contributed by atoms with E-state index >= 15 is 0 Å². The molecule has 0 unspecified atom stereocenters. The highest BCUT2D eigenvalue weighted by molar-refractivity contribution is 5.42. The lowest BCUT2D eigenvalue weighted by molar-refractivity contribution is 0.276. The normalized spacial score (nSPS) is 12.9. The molecule has 1 aromatic rings. The minimum Gasteiger partial charge on any atom is -0.506 e. The second-order valence-electron chi connectivity index (χ2n) is 3.05. The van der Waals surface area contributed by atoms with E-state index in [2.05, 4.69) is 4.98 Å². The molecule has 1 heterocycles. The van der Waals surface area contributed by atoms with Gasteiger partial charge in [0.25, 0.3) is 0 Å². The molecule has 0 radical (unpaired) electrons. The van der Waals surface area contributed by atoms with Gasteiger partial charge in [-0.05, 0) is 6.92 Å². The van der Waals surface area contributed by atoms with Crippen LogP contribution in [-0.4, -0.2) is 21.9 Å². The van der Waals surface area contributed by atoms with E-state index in [9.17, 15) is 9.50 Å². The molecule has 0 saturated carbocycles. The van der Waals surface area contributed by atoms with Crippen molar-refractivity contribution in [3.63, 3.8) is 0 Å². The molecule has 4 N–H and O–H groups in total. The Morgan fingerprint density at radius 3 is 2.79 bits per heavy atom. The Kier molecular flexibility index (Phi) is 3.38. The zero-order valence-corrected chi connectivity index (χ0v) is 7.87. The molecule has 0 aliphatic rings. The topological polar surface area (TPSA) is 79.4 Å². The fourth-order valence-corrected chi connectivity index (χ4v) is 1.27. The monoisotopic (exact) mass is 200 g/mol. The third kappa shape index (κ3) is 1.83. The number of halogens is 1. The van der Waals surface area contributed by atoms with Gasteiger partial charge in [0.2, 0.25) is 0 Å². The first-order valence-electron chi connectivity index (χ1n) is 4.21.